The molecule has 0 aromatic heterocycles. The summed E-state index contributed by atoms with van der Waals surface area (Å²) in [6.45, 7) is 8.16. The van der Waals surface area contributed by atoms with E-state index in [1.54, 1.807) is 13.0 Å². The highest BCUT2D eigenvalue weighted by molar-refractivity contribution is 5.85. The molecule has 0 aromatic rings. The van der Waals surface area contributed by atoms with E-state index in [1.165, 1.54) is 4.90 Å². The van der Waals surface area contributed by atoms with E-state index in [0.29, 0.717) is 19.1 Å². The molecule has 0 aliphatic heterocycles. The summed E-state index contributed by atoms with van der Waals surface area (Å²) in [7, 11) is 0. The van der Waals surface area contributed by atoms with Crippen molar-refractivity contribution in [2.75, 3.05) is 19.7 Å². The lowest BCUT2D eigenvalue weighted by Gasteiger charge is -2.19. The van der Waals surface area contributed by atoms with Gasteiger partial charge >= 0.3 is 5.97 Å². The zero-order valence-corrected chi connectivity index (χ0v) is 9.94. The Hall–Kier alpha value is -1.32. The van der Waals surface area contributed by atoms with Gasteiger partial charge in [-0.1, -0.05) is 13.0 Å². The lowest BCUT2D eigenvalue weighted by atomic mass is 10.3. The summed E-state index contributed by atoms with van der Waals surface area (Å²) in [6, 6.07) is 0. The summed E-state index contributed by atoms with van der Waals surface area (Å²) < 4.78 is 4.83. The number of hydrogen-bond acceptors (Lipinski definition) is 3. The average Bonchev–Trinajstić information content (AvgIpc) is 2.94. The number of carbonyl (C=O) groups excluding carboxylic acids is 2. The molecule has 0 saturated heterocycles. The average molecular weight is 225 g/mol. The fourth-order valence-corrected chi connectivity index (χ4v) is 1.65. The predicted molar refractivity (Wildman–Crippen MR) is 60.7 cm³/mol. The van der Waals surface area contributed by atoms with Gasteiger partial charge in [0.15, 0.2) is 0 Å². The van der Waals surface area contributed by atoms with Crippen LogP contribution in [0.25, 0.3) is 0 Å². The van der Waals surface area contributed by atoms with Gasteiger partial charge in [0.2, 0.25) is 5.91 Å². The Kier molecular flexibility index (Phi) is 4.52. The lowest BCUT2D eigenvalue weighted by Crippen LogP contribution is -2.37. The van der Waals surface area contributed by atoms with Crippen LogP contribution in [0.5, 0.6) is 0 Å². The highest BCUT2D eigenvalue weighted by atomic mass is 16.5. The van der Waals surface area contributed by atoms with Gasteiger partial charge in [-0.05, 0) is 19.3 Å². The third-order valence-corrected chi connectivity index (χ3v) is 2.71. The normalized spacial score (nSPS) is 22.4. The molecule has 1 amide bonds. The topological polar surface area (TPSA) is 46.6 Å². The molecule has 4 nitrogen and oxygen atoms in total. The van der Waals surface area contributed by atoms with Gasteiger partial charge in [-0.3, -0.25) is 9.59 Å². The van der Waals surface area contributed by atoms with E-state index in [4.69, 9.17) is 4.74 Å². The first-order valence-corrected chi connectivity index (χ1v) is 5.65. The van der Waals surface area contributed by atoms with E-state index < -0.39 is 0 Å². The summed E-state index contributed by atoms with van der Waals surface area (Å²) in [5.41, 5.74) is 0. The van der Waals surface area contributed by atoms with Gasteiger partial charge < -0.3 is 9.64 Å². The maximum Gasteiger partial charge on any atom is 0.325 e. The smallest absolute Gasteiger partial charge is 0.325 e. The zero-order chi connectivity index (χ0) is 12.1. The van der Waals surface area contributed by atoms with Crippen molar-refractivity contribution in [1.29, 1.82) is 0 Å². The van der Waals surface area contributed by atoms with Gasteiger partial charge in [0.05, 0.1) is 6.61 Å². The van der Waals surface area contributed by atoms with E-state index in [-0.39, 0.29) is 24.3 Å². The van der Waals surface area contributed by atoms with Crippen molar-refractivity contribution in [2.45, 2.75) is 20.3 Å². The molecule has 1 saturated carbocycles. The molecule has 0 bridgehead atoms. The standard InChI is InChI=1S/C12H19NO3/c1-4-6-13(8-11(14)16-5-2)12(15)10-7-9(10)3/h4,9-10H,1,5-8H2,2-3H3. The van der Waals surface area contributed by atoms with Crippen molar-refractivity contribution in [3.05, 3.63) is 12.7 Å². The first-order valence-electron chi connectivity index (χ1n) is 5.65. The van der Waals surface area contributed by atoms with E-state index in [2.05, 4.69) is 6.58 Å². The number of hydrogen-bond donors (Lipinski definition) is 0. The third-order valence-electron chi connectivity index (χ3n) is 2.71. The number of carbonyl (C=O) groups is 2. The number of esters is 1. The molecule has 0 aromatic carbocycles. The SMILES string of the molecule is C=CCN(CC(=O)OCC)C(=O)C1CC1C. The molecule has 2 unspecified atom stereocenters. The zero-order valence-electron chi connectivity index (χ0n) is 9.94. The monoisotopic (exact) mass is 225 g/mol. The summed E-state index contributed by atoms with van der Waals surface area (Å²) >= 11 is 0. The summed E-state index contributed by atoms with van der Waals surface area (Å²) in [4.78, 5) is 24.7. The van der Waals surface area contributed by atoms with Gasteiger partial charge in [0, 0.05) is 12.5 Å². The Morgan fingerprint density at radius 1 is 1.56 bits per heavy atom. The van der Waals surface area contributed by atoms with Crippen LogP contribution in [0, 0.1) is 11.8 Å². The number of amides is 1. The minimum absolute atomic E-state index is 0.0297. The van der Waals surface area contributed by atoms with Crippen molar-refractivity contribution in [2.24, 2.45) is 11.8 Å². The molecule has 0 heterocycles. The van der Waals surface area contributed by atoms with Crippen LogP contribution >= 0.6 is 0 Å². The molecule has 2 atom stereocenters. The summed E-state index contributed by atoms with van der Waals surface area (Å²) in [5.74, 6) is 0.225. The van der Waals surface area contributed by atoms with E-state index in [1.807, 2.05) is 6.92 Å². The van der Waals surface area contributed by atoms with Crippen molar-refractivity contribution in [1.82, 2.24) is 4.90 Å². The van der Waals surface area contributed by atoms with Crippen molar-refractivity contribution < 1.29 is 14.3 Å². The lowest BCUT2D eigenvalue weighted by molar-refractivity contribution is -0.149. The minimum Gasteiger partial charge on any atom is -0.465 e. The maximum absolute atomic E-state index is 11.9. The Balaban J connectivity index is 2.49. The van der Waals surface area contributed by atoms with Gasteiger partial charge in [-0.15, -0.1) is 6.58 Å². The summed E-state index contributed by atoms with van der Waals surface area (Å²) in [6.07, 6.45) is 2.56. The highest BCUT2D eigenvalue weighted by Gasteiger charge is 2.41. The molecule has 1 rings (SSSR count). The van der Waals surface area contributed by atoms with Crippen molar-refractivity contribution >= 4 is 11.9 Å². The molecule has 90 valence electrons. The van der Waals surface area contributed by atoms with Crippen LogP contribution in [0.3, 0.4) is 0 Å². The molecule has 1 fully saturated rings. The number of ether oxygens (including phenoxy) is 1. The first kappa shape index (κ1) is 12.7. The fourth-order valence-electron chi connectivity index (χ4n) is 1.65. The van der Waals surface area contributed by atoms with Gasteiger partial charge in [0.25, 0.3) is 0 Å². The molecular weight excluding hydrogens is 206 g/mol. The third kappa shape index (κ3) is 3.36. The predicted octanol–water partition coefficient (Wildman–Crippen LogP) is 1.22. The molecule has 0 spiro atoms. The van der Waals surface area contributed by atoms with Crippen molar-refractivity contribution in [3.8, 4) is 0 Å². The van der Waals surface area contributed by atoms with Crippen LogP contribution in [0.4, 0.5) is 0 Å². The van der Waals surface area contributed by atoms with E-state index in [0.717, 1.165) is 6.42 Å². The van der Waals surface area contributed by atoms with Crippen LogP contribution < -0.4 is 0 Å². The molecule has 16 heavy (non-hydrogen) atoms. The molecule has 1 aliphatic rings. The first-order chi connectivity index (χ1) is 7.60. The van der Waals surface area contributed by atoms with Gasteiger partial charge in [-0.2, -0.15) is 0 Å². The largest absolute Gasteiger partial charge is 0.465 e. The Morgan fingerprint density at radius 2 is 2.19 bits per heavy atom. The van der Waals surface area contributed by atoms with Crippen LogP contribution in [-0.2, 0) is 14.3 Å². The fraction of sp³-hybridized carbons (Fsp3) is 0.667. The quantitative estimate of drug-likeness (QED) is 0.504. The van der Waals surface area contributed by atoms with Crippen LogP contribution in [0.1, 0.15) is 20.3 Å². The Bertz CT molecular complexity index is 288. The summed E-state index contributed by atoms with van der Waals surface area (Å²) in [5, 5.41) is 0. The van der Waals surface area contributed by atoms with Gasteiger partial charge in [-0.25, -0.2) is 0 Å². The van der Waals surface area contributed by atoms with E-state index >= 15 is 0 Å². The number of nitrogens with zero attached hydrogens (tertiary/aromatic N) is 1. The van der Waals surface area contributed by atoms with Crippen LogP contribution in [-0.4, -0.2) is 36.5 Å². The second-order valence-corrected chi connectivity index (χ2v) is 4.13. The molecule has 4 heteroatoms. The molecule has 0 N–H and O–H groups in total. The van der Waals surface area contributed by atoms with Crippen molar-refractivity contribution in [3.63, 3.8) is 0 Å². The number of rotatable bonds is 6. The minimum atomic E-state index is -0.356. The van der Waals surface area contributed by atoms with Gasteiger partial charge in [0.1, 0.15) is 6.54 Å². The second kappa shape index (κ2) is 5.68. The molecule has 0 radical (unpaired) electrons. The van der Waals surface area contributed by atoms with Crippen LogP contribution in [0.15, 0.2) is 12.7 Å². The van der Waals surface area contributed by atoms with E-state index in [9.17, 15) is 9.59 Å². The Labute approximate surface area is 96.3 Å². The van der Waals surface area contributed by atoms with Crippen LogP contribution in [0.2, 0.25) is 0 Å². The highest BCUT2D eigenvalue weighted by Crippen LogP contribution is 2.39. The molecular formula is C12H19NO3. The molecule has 1 aliphatic carbocycles. The Morgan fingerprint density at radius 3 is 2.62 bits per heavy atom. The maximum atomic E-state index is 11.9. The second-order valence-electron chi connectivity index (χ2n) is 4.13.